The zero-order chi connectivity index (χ0) is 6.97. The van der Waals surface area contributed by atoms with Gasteiger partial charge in [0.25, 0.3) is 6.34 Å². The second kappa shape index (κ2) is 1.99. The minimum Gasteiger partial charge on any atom is -0.240 e. The second-order valence-corrected chi connectivity index (χ2v) is 2.50. The Morgan fingerprint density at radius 1 is 1.40 bits per heavy atom. The summed E-state index contributed by atoms with van der Waals surface area (Å²) in [6.07, 6.45) is 1.65. The summed E-state index contributed by atoms with van der Waals surface area (Å²) in [4.78, 5) is 4.04. The van der Waals surface area contributed by atoms with Crippen LogP contribution in [0.2, 0.25) is 5.02 Å². The summed E-state index contributed by atoms with van der Waals surface area (Å²) < 4.78 is 0. The number of benzene rings is 1. The zero-order valence-electron chi connectivity index (χ0n) is 5.13. The van der Waals surface area contributed by atoms with Gasteiger partial charge in [-0.25, -0.2) is 5.32 Å². The Morgan fingerprint density at radius 2 is 2.30 bits per heavy atom. The Labute approximate surface area is 63.5 Å². The average Bonchev–Trinajstić information content (AvgIpc) is 2.33. The van der Waals surface area contributed by atoms with Crippen LogP contribution in [0.5, 0.6) is 0 Å². The Kier molecular flexibility index (Phi) is 1.14. The summed E-state index contributed by atoms with van der Waals surface area (Å²) in [6.45, 7) is 0. The van der Waals surface area contributed by atoms with Gasteiger partial charge in [0.05, 0.1) is 0 Å². The molecule has 1 radical (unpaired) electrons. The van der Waals surface area contributed by atoms with E-state index in [0.717, 1.165) is 16.4 Å². The molecule has 3 heteroatoms. The molecule has 10 heavy (non-hydrogen) atoms. The third-order valence-electron chi connectivity index (χ3n) is 1.38. The predicted octanol–water partition coefficient (Wildman–Crippen LogP) is 1.76. The molecular formula is C7H5ClN2+. The molecule has 2 rings (SSSR count). The first-order valence-corrected chi connectivity index (χ1v) is 3.33. The first-order valence-electron chi connectivity index (χ1n) is 2.95. The highest BCUT2D eigenvalue weighted by molar-refractivity contribution is 6.31. The molecule has 0 atom stereocenters. The van der Waals surface area contributed by atoms with Crippen molar-refractivity contribution in [2.24, 2.45) is 0 Å². The van der Waals surface area contributed by atoms with Gasteiger partial charge in [0.2, 0.25) is 5.69 Å². The van der Waals surface area contributed by atoms with E-state index in [-0.39, 0.29) is 0 Å². The number of fused-ring (bicyclic) bond motifs is 1. The second-order valence-electron chi connectivity index (χ2n) is 2.06. The van der Waals surface area contributed by atoms with E-state index in [1.54, 1.807) is 6.34 Å². The molecule has 1 aromatic carbocycles. The topological polar surface area (TPSA) is 26.1 Å². The van der Waals surface area contributed by atoms with Gasteiger partial charge in [0, 0.05) is 11.1 Å². The lowest BCUT2D eigenvalue weighted by Crippen LogP contribution is -1.86. The van der Waals surface area contributed by atoms with Crippen LogP contribution in [0.3, 0.4) is 0 Å². The van der Waals surface area contributed by atoms with Crippen LogP contribution in [-0.4, -0.2) is 6.34 Å². The van der Waals surface area contributed by atoms with Gasteiger partial charge in [-0.3, -0.25) is 0 Å². The summed E-state index contributed by atoms with van der Waals surface area (Å²) in [5, 5.41) is 3.70. The zero-order valence-corrected chi connectivity index (χ0v) is 5.89. The number of nitrogens with zero attached hydrogens (tertiary/aromatic N) is 1. The monoisotopic (exact) mass is 152 g/mol. The van der Waals surface area contributed by atoms with Crippen LogP contribution < -0.4 is 10.3 Å². The van der Waals surface area contributed by atoms with Crippen LogP contribution in [0.1, 0.15) is 0 Å². The first kappa shape index (κ1) is 5.74. The minimum atomic E-state index is 0.722. The van der Waals surface area contributed by atoms with Gasteiger partial charge in [-0.2, -0.15) is 0 Å². The highest BCUT2D eigenvalue weighted by Gasteiger charge is 2.14. The van der Waals surface area contributed by atoms with Crippen molar-refractivity contribution < 1.29 is 0 Å². The third-order valence-corrected chi connectivity index (χ3v) is 1.62. The summed E-state index contributed by atoms with van der Waals surface area (Å²) in [5.74, 6) is 0. The Bertz CT molecular complexity index is 294. The van der Waals surface area contributed by atoms with Crippen molar-refractivity contribution in [3.8, 4) is 0 Å². The summed E-state index contributed by atoms with van der Waals surface area (Å²) in [6, 6.07) is 5.57. The maximum absolute atomic E-state index is 5.72. The number of hydrogen-bond acceptors (Lipinski definition) is 2. The van der Waals surface area contributed by atoms with E-state index < -0.39 is 0 Å². The summed E-state index contributed by atoms with van der Waals surface area (Å²) >= 11 is 5.72. The highest BCUT2D eigenvalue weighted by atomic mass is 35.5. The molecule has 0 fully saturated rings. The van der Waals surface area contributed by atoms with Crippen molar-refractivity contribution in [2.45, 2.75) is 0 Å². The molecule has 0 aromatic heterocycles. The third kappa shape index (κ3) is 0.772. The largest absolute Gasteiger partial charge is 0.285 e. The highest BCUT2D eigenvalue weighted by Crippen LogP contribution is 2.25. The van der Waals surface area contributed by atoms with Crippen molar-refractivity contribution in [3.05, 3.63) is 23.2 Å². The maximum atomic E-state index is 5.72. The molecule has 1 heterocycles. The van der Waals surface area contributed by atoms with Gasteiger partial charge in [-0.15, -0.1) is 0 Å². The standard InChI is InChI=1S/C7H5ClN2/c8-5-1-2-6-7(3-5)10-4-9-6/h1-4,9H/q+1. The van der Waals surface area contributed by atoms with E-state index in [9.17, 15) is 0 Å². The van der Waals surface area contributed by atoms with E-state index >= 15 is 0 Å². The van der Waals surface area contributed by atoms with Crippen molar-refractivity contribution in [1.82, 2.24) is 4.99 Å². The van der Waals surface area contributed by atoms with Crippen LogP contribution in [-0.2, 0) is 0 Å². The molecule has 0 bridgehead atoms. The van der Waals surface area contributed by atoms with Crippen molar-refractivity contribution in [1.29, 1.82) is 0 Å². The fourth-order valence-electron chi connectivity index (χ4n) is 0.905. The predicted molar refractivity (Wildman–Crippen MR) is 42.9 cm³/mol. The van der Waals surface area contributed by atoms with E-state index in [4.69, 9.17) is 11.6 Å². The molecule has 2 nitrogen and oxygen atoms in total. The molecule has 0 aliphatic carbocycles. The van der Waals surface area contributed by atoms with E-state index in [1.165, 1.54) is 0 Å². The van der Waals surface area contributed by atoms with Crippen LogP contribution in [0, 0.1) is 0 Å². The molecule has 1 aromatic rings. The lowest BCUT2D eigenvalue weighted by atomic mass is 10.3. The Morgan fingerprint density at radius 3 is 3.20 bits per heavy atom. The van der Waals surface area contributed by atoms with Crippen LogP contribution in [0.15, 0.2) is 18.2 Å². The molecule has 1 aliphatic rings. The molecule has 1 aliphatic heterocycles. The van der Waals surface area contributed by atoms with E-state index in [1.807, 2.05) is 18.2 Å². The fourth-order valence-corrected chi connectivity index (χ4v) is 1.07. The van der Waals surface area contributed by atoms with Crippen LogP contribution in [0.25, 0.3) is 0 Å². The fraction of sp³-hybridized carbons (Fsp3) is 0. The number of halogens is 1. The van der Waals surface area contributed by atoms with Gasteiger partial charge in [0.15, 0.2) is 5.69 Å². The van der Waals surface area contributed by atoms with Crippen molar-refractivity contribution in [2.75, 3.05) is 5.32 Å². The lowest BCUT2D eigenvalue weighted by Gasteiger charge is -1.88. The SMILES string of the molecule is Clc1ccc2c(c1)[N+]=CN2. The number of nitrogens with one attached hydrogen (secondary N) is 1. The normalized spacial score (nSPS) is 12.9. The van der Waals surface area contributed by atoms with Gasteiger partial charge < -0.3 is 0 Å². The number of aliphatic imine (C=N–C) groups is 1. The maximum Gasteiger partial charge on any atom is 0.285 e. The summed E-state index contributed by atoms with van der Waals surface area (Å²) in [5.41, 5.74) is 1.93. The molecule has 0 saturated carbocycles. The first-order chi connectivity index (χ1) is 4.86. The molecule has 49 valence electrons. The number of hydrogen-bond donors (Lipinski definition) is 1. The molecular weight excluding hydrogens is 148 g/mol. The van der Waals surface area contributed by atoms with E-state index in [2.05, 4.69) is 10.3 Å². The number of anilines is 1. The quantitative estimate of drug-likeness (QED) is 0.603. The van der Waals surface area contributed by atoms with Crippen molar-refractivity contribution in [3.63, 3.8) is 0 Å². The van der Waals surface area contributed by atoms with Gasteiger partial charge in [-0.1, -0.05) is 11.6 Å². The van der Waals surface area contributed by atoms with Gasteiger partial charge in [-0.05, 0) is 17.1 Å². The van der Waals surface area contributed by atoms with Crippen LogP contribution in [0.4, 0.5) is 11.4 Å². The molecule has 1 N–H and O–H groups in total. The molecule has 0 spiro atoms. The van der Waals surface area contributed by atoms with Gasteiger partial charge in [0.1, 0.15) is 0 Å². The molecule has 0 unspecified atom stereocenters. The molecule has 0 saturated heterocycles. The van der Waals surface area contributed by atoms with Crippen molar-refractivity contribution >= 4 is 29.3 Å². The van der Waals surface area contributed by atoms with E-state index in [0.29, 0.717) is 0 Å². The smallest absolute Gasteiger partial charge is 0.240 e. The summed E-state index contributed by atoms with van der Waals surface area (Å²) in [7, 11) is 0. The Hall–Kier alpha value is -1.02. The Balaban J connectivity index is 2.60. The molecule has 0 amide bonds. The minimum absolute atomic E-state index is 0.722. The lowest BCUT2D eigenvalue weighted by molar-refractivity contribution is 1.44. The number of rotatable bonds is 0. The van der Waals surface area contributed by atoms with Gasteiger partial charge >= 0.3 is 0 Å². The van der Waals surface area contributed by atoms with Crippen LogP contribution >= 0.6 is 11.6 Å². The average molecular weight is 153 g/mol.